The average molecular weight is 356 g/mol. The van der Waals surface area contributed by atoms with E-state index in [1.165, 1.54) is 32.1 Å². The minimum absolute atomic E-state index is 0.493. The highest BCUT2D eigenvalue weighted by Crippen LogP contribution is 2.35. The van der Waals surface area contributed by atoms with Gasteiger partial charge in [0.2, 0.25) is 0 Å². The average Bonchev–Trinajstić information content (AvgIpc) is 2.98. The molecule has 1 saturated carbocycles. The Morgan fingerprint density at radius 3 is 2.50 bits per heavy atom. The summed E-state index contributed by atoms with van der Waals surface area (Å²) in [7, 11) is 0. The fourth-order valence-electron chi connectivity index (χ4n) is 2.97. The van der Waals surface area contributed by atoms with Crippen molar-refractivity contribution in [3.63, 3.8) is 0 Å². The van der Waals surface area contributed by atoms with Gasteiger partial charge in [-0.25, -0.2) is 0 Å². The number of halogens is 2. The van der Waals surface area contributed by atoms with E-state index < -0.39 is 0 Å². The Labute approximate surface area is 145 Å². The Morgan fingerprint density at radius 2 is 1.82 bits per heavy atom. The number of nitrogens with zero attached hydrogens (tertiary/aromatic N) is 3. The lowest BCUT2D eigenvalue weighted by Crippen LogP contribution is -2.15. The van der Waals surface area contributed by atoms with Gasteiger partial charge in [0.15, 0.2) is 11.0 Å². The molecule has 1 aromatic heterocycles. The van der Waals surface area contributed by atoms with Crippen molar-refractivity contribution < 1.29 is 0 Å². The van der Waals surface area contributed by atoms with Gasteiger partial charge in [0.1, 0.15) is 0 Å². The van der Waals surface area contributed by atoms with Crippen LogP contribution in [0.3, 0.4) is 0 Å². The molecule has 3 nitrogen and oxygen atoms in total. The van der Waals surface area contributed by atoms with Gasteiger partial charge in [-0.05, 0) is 37.1 Å². The molecule has 22 heavy (non-hydrogen) atoms. The van der Waals surface area contributed by atoms with Gasteiger partial charge in [0, 0.05) is 28.3 Å². The van der Waals surface area contributed by atoms with Crippen LogP contribution in [0.4, 0.5) is 0 Å². The van der Waals surface area contributed by atoms with Gasteiger partial charge in [0.05, 0.1) is 0 Å². The van der Waals surface area contributed by atoms with Crippen molar-refractivity contribution in [1.29, 1.82) is 0 Å². The van der Waals surface area contributed by atoms with Crippen molar-refractivity contribution in [2.45, 2.75) is 43.3 Å². The first-order chi connectivity index (χ1) is 10.8. The molecule has 1 aliphatic carbocycles. The molecule has 0 amide bonds. The Kier molecular flexibility index (Phi) is 5.66. The summed E-state index contributed by atoms with van der Waals surface area (Å²) in [4.78, 5) is 0. The summed E-state index contributed by atoms with van der Waals surface area (Å²) in [5, 5.41) is 10.6. The number of hydrogen-bond donors (Lipinski definition) is 0. The van der Waals surface area contributed by atoms with Crippen LogP contribution in [0.25, 0.3) is 11.4 Å². The predicted octanol–water partition coefficient (Wildman–Crippen LogP) is 5.43. The van der Waals surface area contributed by atoms with Crippen molar-refractivity contribution in [1.82, 2.24) is 14.8 Å². The van der Waals surface area contributed by atoms with Crippen molar-refractivity contribution >= 4 is 35.0 Å². The maximum absolute atomic E-state index is 6.00. The van der Waals surface area contributed by atoms with E-state index in [1.54, 1.807) is 11.8 Å². The van der Waals surface area contributed by atoms with Gasteiger partial charge in [-0.2, -0.15) is 0 Å². The van der Waals surface area contributed by atoms with Crippen LogP contribution < -0.4 is 0 Å². The standard InChI is InChI=1S/C16H19Cl2N3S/c17-10-11-22-16-20-19-15(12-6-8-13(18)9-7-12)21(16)14-4-2-1-3-5-14/h6-9,14H,1-5,10-11H2. The van der Waals surface area contributed by atoms with E-state index in [9.17, 15) is 0 Å². The molecule has 0 N–H and O–H groups in total. The molecule has 3 rings (SSSR count). The maximum atomic E-state index is 6.00. The third kappa shape index (κ3) is 3.61. The minimum Gasteiger partial charge on any atom is -0.299 e. The molecule has 0 saturated heterocycles. The smallest absolute Gasteiger partial charge is 0.191 e. The van der Waals surface area contributed by atoms with E-state index in [-0.39, 0.29) is 0 Å². The lowest BCUT2D eigenvalue weighted by atomic mass is 9.95. The van der Waals surface area contributed by atoms with Crippen LogP contribution in [0, 0.1) is 0 Å². The third-order valence-corrected chi connectivity index (χ3v) is 5.62. The van der Waals surface area contributed by atoms with E-state index >= 15 is 0 Å². The number of aromatic nitrogens is 3. The first-order valence-electron chi connectivity index (χ1n) is 7.69. The fourth-order valence-corrected chi connectivity index (χ4v) is 4.06. The number of benzene rings is 1. The molecule has 0 unspecified atom stereocenters. The minimum atomic E-state index is 0.493. The molecule has 0 bridgehead atoms. The van der Waals surface area contributed by atoms with Crippen LogP contribution in [0.5, 0.6) is 0 Å². The van der Waals surface area contributed by atoms with Gasteiger partial charge >= 0.3 is 0 Å². The number of thioether (sulfide) groups is 1. The molecule has 2 aromatic rings. The van der Waals surface area contributed by atoms with Gasteiger partial charge in [-0.1, -0.05) is 42.6 Å². The summed E-state index contributed by atoms with van der Waals surface area (Å²) >= 11 is 13.5. The molecule has 0 spiro atoms. The summed E-state index contributed by atoms with van der Waals surface area (Å²) in [5.41, 5.74) is 1.07. The summed E-state index contributed by atoms with van der Waals surface area (Å²) < 4.78 is 2.32. The summed E-state index contributed by atoms with van der Waals surface area (Å²) in [6, 6.07) is 8.33. The second kappa shape index (κ2) is 7.71. The van der Waals surface area contributed by atoms with E-state index in [2.05, 4.69) is 14.8 Å². The molecule has 1 aromatic carbocycles. The maximum Gasteiger partial charge on any atom is 0.191 e. The van der Waals surface area contributed by atoms with Crippen molar-refractivity contribution in [2.75, 3.05) is 11.6 Å². The van der Waals surface area contributed by atoms with Crippen molar-refractivity contribution in [3.8, 4) is 11.4 Å². The highest BCUT2D eigenvalue weighted by Gasteiger charge is 2.23. The Balaban J connectivity index is 1.97. The van der Waals surface area contributed by atoms with Gasteiger partial charge in [-0.15, -0.1) is 21.8 Å². The Bertz CT molecular complexity index is 606. The van der Waals surface area contributed by atoms with Crippen LogP contribution in [0.1, 0.15) is 38.1 Å². The fraction of sp³-hybridized carbons (Fsp3) is 0.500. The zero-order chi connectivity index (χ0) is 15.4. The second-order valence-electron chi connectivity index (χ2n) is 5.51. The van der Waals surface area contributed by atoms with Gasteiger partial charge in [-0.3, -0.25) is 4.57 Å². The Hall–Kier alpha value is -0.710. The van der Waals surface area contributed by atoms with Crippen LogP contribution >= 0.6 is 35.0 Å². The number of hydrogen-bond acceptors (Lipinski definition) is 3. The van der Waals surface area contributed by atoms with Crippen LogP contribution in [0.2, 0.25) is 5.02 Å². The molecule has 0 aliphatic heterocycles. The quantitative estimate of drug-likeness (QED) is 0.528. The molecule has 118 valence electrons. The van der Waals surface area contributed by atoms with Gasteiger partial charge in [0.25, 0.3) is 0 Å². The topological polar surface area (TPSA) is 30.7 Å². The van der Waals surface area contributed by atoms with Crippen molar-refractivity contribution in [3.05, 3.63) is 29.3 Å². The summed E-state index contributed by atoms with van der Waals surface area (Å²) in [6.45, 7) is 0. The summed E-state index contributed by atoms with van der Waals surface area (Å²) in [6.07, 6.45) is 6.30. The normalized spacial score (nSPS) is 16.1. The lowest BCUT2D eigenvalue weighted by Gasteiger charge is -2.25. The number of alkyl halides is 1. The van der Waals surface area contributed by atoms with Crippen molar-refractivity contribution in [2.24, 2.45) is 0 Å². The molecule has 0 radical (unpaired) electrons. The van der Waals surface area contributed by atoms with Crippen LogP contribution in [-0.4, -0.2) is 26.4 Å². The molecule has 1 heterocycles. The lowest BCUT2D eigenvalue weighted by molar-refractivity contribution is 0.339. The van der Waals surface area contributed by atoms with E-state index in [4.69, 9.17) is 23.2 Å². The molecule has 1 aliphatic rings. The SMILES string of the molecule is ClCCSc1nnc(-c2ccc(Cl)cc2)n1C1CCCCC1. The largest absolute Gasteiger partial charge is 0.299 e. The first-order valence-corrected chi connectivity index (χ1v) is 9.59. The molecule has 1 fully saturated rings. The molecular formula is C16H19Cl2N3S. The zero-order valence-corrected chi connectivity index (χ0v) is 14.7. The Morgan fingerprint density at radius 1 is 1.09 bits per heavy atom. The van der Waals surface area contributed by atoms with E-state index in [1.807, 2.05) is 24.3 Å². The predicted molar refractivity (Wildman–Crippen MR) is 94.0 cm³/mol. The van der Waals surface area contributed by atoms with Gasteiger partial charge < -0.3 is 0 Å². The number of rotatable bonds is 5. The van der Waals surface area contributed by atoms with Crippen LogP contribution in [-0.2, 0) is 0 Å². The third-order valence-electron chi connectivity index (χ3n) is 4.02. The highest BCUT2D eigenvalue weighted by atomic mass is 35.5. The second-order valence-corrected chi connectivity index (χ2v) is 7.39. The molecular weight excluding hydrogens is 337 g/mol. The van der Waals surface area contributed by atoms with E-state index in [0.717, 1.165) is 27.3 Å². The highest BCUT2D eigenvalue weighted by molar-refractivity contribution is 7.99. The first kappa shape index (κ1) is 16.2. The summed E-state index contributed by atoms with van der Waals surface area (Å²) in [5.74, 6) is 2.42. The monoisotopic (exact) mass is 355 g/mol. The van der Waals surface area contributed by atoms with E-state index in [0.29, 0.717) is 11.9 Å². The zero-order valence-electron chi connectivity index (χ0n) is 12.3. The molecule has 6 heteroatoms. The van der Waals surface area contributed by atoms with Crippen LogP contribution in [0.15, 0.2) is 29.4 Å². The molecule has 0 atom stereocenters.